The average molecular weight is 228 g/mol. The van der Waals surface area contributed by atoms with Gasteiger partial charge >= 0.3 is 0 Å². The molecule has 0 amide bonds. The van der Waals surface area contributed by atoms with Crippen LogP contribution in [-0.2, 0) is 14.9 Å². The fourth-order valence-electron chi connectivity index (χ4n) is 1.95. The minimum Gasteiger partial charge on any atom is -0.500 e. The second-order valence-electron chi connectivity index (χ2n) is 3.61. The van der Waals surface area contributed by atoms with Crippen molar-refractivity contribution in [3.05, 3.63) is 34.0 Å². The fourth-order valence-corrected chi connectivity index (χ4v) is 2.75. The van der Waals surface area contributed by atoms with Crippen molar-refractivity contribution in [3.8, 4) is 0 Å². The van der Waals surface area contributed by atoms with Crippen molar-refractivity contribution in [2.75, 3.05) is 7.11 Å². The number of ether oxygens (including phenoxy) is 1. The molecule has 0 atom stereocenters. The Balaban J connectivity index is 2.39. The van der Waals surface area contributed by atoms with E-state index in [2.05, 4.69) is 0 Å². The quantitative estimate of drug-likeness (QED) is 0.732. The van der Waals surface area contributed by atoms with Crippen molar-refractivity contribution in [3.63, 3.8) is 0 Å². The molecule has 0 bridgehead atoms. The monoisotopic (exact) mass is 228 g/mol. The topological polar surface area (TPSA) is 63.6 Å². The van der Waals surface area contributed by atoms with Gasteiger partial charge in [-0.3, -0.25) is 4.55 Å². The summed E-state index contributed by atoms with van der Waals surface area (Å²) in [6.07, 6.45) is 5.47. The summed E-state index contributed by atoms with van der Waals surface area (Å²) in [5.41, 5.74) is 2.17. The van der Waals surface area contributed by atoms with Gasteiger partial charge in [-0.05, 0) is 12.0 Å². The second-order valence-corrected chi connectivity index (χ2v) is 5.06. The van der Waals surface area contributed by atoms with Crippen molar-refractivity contribution in [1.82, 2.24) is 0 Å². The highest BCUT2D eigenvalue weighted by Crippen LogP contribution is 2.37. The van der Waals surface area contributed by atoms with Gasteiger partial charge in [0, 0.05) is 12.8 Å². The van der Waals surface area contributed by atoms with Crippen LogP contribution in [0.2, 0.25) is 0 Å². The van der Waals surface area contributed by atoms with E-state index in [1.54, 1.807) is 0 Å². The second kappa shape index (κ2) is 3.50. The molecular weight excluding hydrogens is 216 g/mol. The molecule has 2 aliphatic rings. The molecule has 0 saturated heterocycles. The highest BCUT2D eigenvalue weighted by Gasteiger charge is 2.28. The van der Waals surface area contributed by atoms with Crippen LogP contribution in [0.5, 0.6) is 0 Å². The van der Waals surface area contributed by atoms with E-state index in [-0.39, 0.29) is 11.3 Å². The van der Waals surface area contributed by atoms with Crippen molar-refractivity contribution in [2.45, 2.75) is 19.3 Å². The third-order valence-corrected chi connectivity index (χ3v) is 3.73. The molecule has 0 aromatic carbocycles. The molecule has 4 nitrogen and oxygen atoms in total. The zero-order valence-corrected chi connectivity index (χ0v) is 9.17. The Morgan fingerprint density at radius 1 is 1.40 bits per heavy atom. The molecule has 1 N–H and O–H groups in total. The number of hydrogen-bond acceptors (Lipinski definition) is 3. The lowest BCUT2D eigenvalue weighted by Crippen LogP contribution is -2.12. The van der Waals surface area contributed by atoms with Gasteiger partial charge in [0.15, 0.2) is 0 Å². The lowest BCUT2D eigenvalue weighted by Gasteiger charge is -2.19. The standard InChI is InChI=1S/C10H12O4S/c1-14-9-5-7-3-2-4-8(7)6-10(9)15(11,12)13/h2-3H,4-6H2,1H3,(H,11,12,13). The molecule has 15 heavy (non-hydrogen) atoms. The maximum atomic E-state index is 11.1. The highest BCUT2D eigenvalue weighted by atomic mass is 32.2. The van der Waals surface area contributed by atoms with Crippen LogP contribution in [0.3, 0.4) is 0 Å². The third-order valence-electron chi connectivity index (χ3n) is 2.73. The Labute approximate surface area is 88.7 Å². The minimum atomic E-state index is -4.13. The molecule has 0 fully saturated rings. The van der Waals surface area contributed by atoms with Gasteiger partial charge in [-0.25, -0.2) is 0 Å². The number of allylic oxidation sites excluding steroid dienone is 5. The molecular formula is C10H12O4S. The summed E-state index contributed by atoms with van der Waals surface area (Å²) in [6, 6.07) is 0. The van der Waals surface area contributed by atoms with Gasteiger partial charge in [-0.2, -0.15) is 8.42 Å². The molecule has 0 aromatic rings. The fraction of sp³-hybridized carbons (Fsp3) is 0.400. The maximum absolute atomic E-state index is 11.1. The molecule has 0 heterocycles. The summed E-state index contributed by atoms with van der Waals surface area (Å²) >= 11 is 0. The van der Waals surface area contributed by atoms with Crippen LogP contribution >= 0.6 is 0 Å². The smallest absolute Gasteiger partial charge is 0.294 e. The molecule has 0 unspecified atom stereocenters. The van der Waals surface area contributed by atoms with E-state index in [9.17, 15) is 8.42 Å². The van der Waals surface area contributed by atoms with Gasteiger partial charge in [-0.15, -0.1) is 0 Å². The lowest BCUT2D eigenvalue weighted by molar-refractivity contribution is 0.277. The number of methoxy groups -OCH3 is 1. The Morgan fingerprint density at radius 3 is 2.73 bits per heavy atom. The molecule has 0 spiro atoms. The zero-order valence-electron chi connectivity index (χ0n) is 8.36. The maximum Gasteiger partial charge on any atom is 0.294 e. The lowest BCUT2D eigenvalue weighted by atomic mass is 9.98. The SMILES string of the molecule is COC1=C(S(=O)(=O)O)CC2=C(C=CC2)C1. The van der Waals surface area contributed by atoms with Crippen molar-refractivity contribution in [1.29, 1.82) is 0 Å². The molecule has 0 radical (unpaired) electrons. The van der Waals surface area contributed by atoms with Gasteiger partial charge < -0.3 is 4.74 Å². The Morgan fingerprint density at radius 2 is 2.13 bits per heavy atom. The highest BCUT2D eigenvalue weighted by molar-refractivity contribution is 7.89. The van der Waals surface area contributed by atoms with Crippen molar-refractivity contribution >= 4 is 10.1 Å². The van der Waals surface area contributed by atoms with Gasteiger partial charge in [0.2, 0.25) is 0 Å². The van der Waals surface area contributed by atoms with Crippen LogP contribution in [0.1, 0.15) is 19.3 Å². The van der Waals surface area contributed by atoms with Crippen LogP contribution in [0.15, 0.2) is 34.0 Å². The first-order valence-corrected chi connectivity index (χ1v) is 6.07. The minimum absolute atomic E-state index is 0.00690. The van der Waals surface area contributed by atoms with Gasteiger partial charge in [0.25, 0.3) is 10.1 Å². The van der Waals surface area contributed by atoms with Gasteiger partial charge in [-0.1, -0.05) is 17.7 Å². The molecule has 82 valence electrons. The van der Waals surface area contributed by atoms with E-state index in [0.717, 1.165) is 17.6 Å². The van der Waals surface area contributed by atoms with E-state index >= 15 is 0 Å². The van der Waals surface area contributed by atoms with Crippen LogP contribution < -0.4 is 0 Å². The predicted molar refractivity (Wildman–Crippen MR) is 55.6 cm³/mol. The summed E-state index contributed by atoms with van der Waals surface area (Å²) in [7, 11) is -2.71. The molecule has 0 saturated carbocycles. The van der Waals surface area contributed by atoms with Gasteiger partial charge in [0.1, 0.15) is 10.7 Å². The van der Waals surface area contributed by atoms with Gasteiger partial charge in [0.05, 0.1) is 7.11 Å². The number of hydrogen-bond donors (Lipinski definition) is 1. The van der Waals surface area contributed by atoms with Crippen LogP contribution in [0.4, 0.5) is 0 Å². The third kappa shape index (κ3) is 1.85. The van der Waals surface area contributed by atoms with Crippen LogP contribution in [0, 0.1) is 0 Å². The summed E-state index contributed by atoms with van der Waals surface area (Å²) in [5.74, 6) is 0.350. The summed E-state index contributed by atoms with van der Waals surface area (Å²) < 4.78 is 36.3. The van der Waals surface area contributed by atoms with Crippen molar-refractivity contribution < 1.29 is 17.7 Å². The number of rotatable bonds is 2. The normalized spacial score (nSPS) is 20.9. The Bertz CT molecular complexity index is 480. The first-order valence-electron chi connectivity index (χ1n) is 4.63. The van der Waals surface area contributed by atoms with E-state index in [1.165, 1.54) is 7.11 Å². The molecule has 2 aliphatic carbocycles. The predicted octanol–water partition coefficient (Wildman–Crippen LogP) is 1.78. The molecule has 2 rings (SSSR count). The van der Waals surface area contributed by atoms with E-state index in [0.29, 0.717) is 12.2 Å². The molecule has 0 aromatic heterocycles. The largest absolute Gasteiger partial charge is 0.500 e. The van der Waals surface area contributed by atoms with Crippen LogP contribution in [0.25, 0.3) is 0 Å². The summed E-state index contributed by atoms with van der Waals surface area (Å²) in [5, 5.41) is 0. The van der Waals surface area contributed by atoms with E-state index in [4.69, 9.17) is 9.29 Å². The first-order chi connectivity index (χ1) is 7.02. The van der Waals surface area contributed by atoms with E-state index < -0.39 is 10.1 Å². The summed E-state index contributed by atoms with van der Waals surface area (Å²) in [4.78, 5) is 0.00690. The van der Waals surface area contributed by atoms with E-state index in [1.807, 2.05) is 12.2 Å². The molecule has 5 heteroatoms. The average Bonchev–Trinajstić information content (AvgIpc) is 2.60. The molecule has 0 aliphatic heterocycles. The Kier molecular flexibility index (Phi) is 2.44. The first kappa shape index (κ1) is 10.4. The summed E-state index contributed by atoms with van der Waals surface area (Å²) in [6.45, 7) is 0. The zero-order chi connectivity index (χ0) is 11.1. The Hall–Kier alpha value is -1.07. The van der Waals surface area contributed by atoms with Crippen LogP contribution in [-0.4, -0.2) is 20.1 Å². The van der Waals surface area contributed by atoms with Crippen molar-refractivity contribution in [2.24, 2.45) is 0 Å².